The van der Waals surface area contributed by atoms with E-state index in [0.29, 0.717) is 4.34 Å². The number of thioether (sulfide) groups is 1. The van der Waals surface area contributed by atoms with Crippen LogP contribution in [-0.4, -0.2) is 37.4 Å². The largest absolute Gasteiger partial charge is 0.496 e. The van der Waals surface area contributed by atoms with E-state index in [9.17, 15) is 13.2 Å². The van der Waals surface area contributed by atoms with Crippen molar-refractivity contribution in [2.24, 2.45) is 5.73 Å². The van der Waals surface area contributed by atoms with Crippen LogP contribution >= 0.6 is 23.1 Å². The van der Waals surface area contributed by atoms with Gasteiger partial charge in [0.05, 0.1) is 17.6 Å². The van der Waals surface area contributed by atoms with E-state index in [0.717, 1.165) is 29.6 Å². The zero-order valence-electron chi connectivity index (χ0n) is 13.0. The molecule has 1 aromatic heterocycles. The summed E-state index contributed by atoms with van der Waals surface area (Å²) in [4.78, 5) is 11.3. The molecule has 0 spiro atoms. The van der Waals surface area contributed by atoms with E-state index in [-0.39, 0.29) is 21.3 Å². The highest BCUT2D eigenvalue weighted by atomic mass is 32.2. The molecule has 2 aromatic rings. The van der Waals surface area contributed by atoms with Gasteiger partial charge in [-0.1, -0.05) is 30.0 Å². The molecule has 0 radical (unpaired) electrons. The molecule has 8 nitrogen and oxygen atoms in total. The zero-order chi connectivity index (χ0) is 17.7. The van der Waals surface area contributed by atoms with Crippen molar-refractivity contribution in [2.45, 2.75) is 22.6 Å². The Labute approximate surface area is 147 Å². The number of methoxy groups -OCH3 is 1. The molecule has 1 heterocycles. The number of aromatic nitrogens is 2. The van der Waals surface area contributed by atoms with Crippen LogP contribution in [0.3, 0.4) is 0 Å². The lowest BCUT2D eigenvalue weighted by Gasteiger charge is -2.09. The van der Waals surface area contributed by atoms with Crippen LogP contribution in [0.1, 0.15) is 23.7 Å². The third kappa shape index (κ3) is 4.36. The van der Waals surface area contributed by atoms with Crippen molar-refractivity contribution in [3.05, 3.63) is 23.8 Å². The summed E-state index contributed by atoms with van der Waals surface area (Å²) < 4.78 is 32.9. The molecule has 130 valence electrons. The molecule has 0 saturated carbocycles. The number of nitrogens with two attached hydrogens (primary N) is 1. The lowest BCUT2D eigenvalue weighted by atomic mass is 10.2. The maximum Gasteiger partial charge on any atom is 0.263 e. The van der Waals surface area contributed by atoms with Crippen LogP contribution in [-0.2, 0) is 10.0 Å². The van der Waals surface area contributed by atoms with E-state index in [4.69, 9.17) is 10.5 Å². The molecule has 0 bridgehead atoms. The second kappa shape index (κ2) is 7.81. The van der Waals surface area contributed by atoms with E-state index in [1.165, 1.54) is 31.0 Å². The lowest BCUT2D eigenvalue weighted by molar-refractivity contribution is 0.0997. The van der Waals surface area contributed by atoms with Gasteiger partial charge < -0.3 is 10.5 Å². The van der Waals surface area contributed by atoms with Crippen molar-refractivity contribution in [3.8, 4) is 5.75 Å². The standard InChI is InChI=1S/C13H16N4O4S3/c1-3-6-22-13-16-15-12(23-13)17-24(19,20)8-4-5-10(21-2)9(7-8)11(14)18/h4-5,7H,3,6H2,1-2H3,(H2,14,18)(H,15,17). The van der Waals surface area contributed by atoms with Gasteiger partial charge >= 0.3 is 0 Å². The SMILES string of the molecule is CCCSc1nnc(NS(=O)(=O)c2ccc(OC)c(C(N)=O)c2)s1. The molecule has 2 rings (SSSR count). The number of nitrogens with one attached hydrogen (secondary N) is 1. The first-order valence-electron chi connectivity index (χ1n) is 6.84. The Hall–Kier alpha value is -1.85. The highest BCUT2D eigenvalue weighted by Gasteiger charge is 2.20. The van der Waals surface area contributed by atoms with Crippen LogP contribution < -0.4 is 15.2 Å². The second-order valence-corrected chi connectivity index (χ2v) is 8.56. The molecule has 24 heavy (non-hydrogen) atoms. The van der Waals surface area contributed by atoms with Gasteiger partial charge in [0, 0.05) is 5.75 Å². The number of hydrogen-bond donors (Lipinski definition) is 2. The van der Waals surface area contributed by atoms with Crippen molar-refractivity contribution in [3.63, 3.8) is 0 Å². The fourth-order valence-corrected chi connectivity index (χ4v) is 4.65. The van der Waals surface area contributed by atoms with Gasteiger partial charge in [-0.25, -0.2) is 8.42 Å². The highest BCUT2D eigenvalue weighted by Crippen LogP contribution is 2.28. The van der Waals surface area contributed by atoms with Gasteiger partial charge in [0.25, 0.3) is 15.9 Å². The average molecular weight is 388 g/mol. The minimum Gasteiger partial charge on any atom is -0.496 e. The van der Waals surface area contributed by atoms with Crippen molar-refractivity contribution in [2.75, 3.05) is 17.6 Å². The Bertz CT molecular complexity index is 835. The summed E-state index contributed by atoms with van der Waals surface area (Å²) in [5, 5.41) is 7.88. The number of carbonyl (C=O) groups is 1. The molecule has 11 heteroatoms. The van der Waals surface area contributed by atoms with Crippen LogP contribution in [0.4, 0.5) is 5.13 Å². The number of rotatable bonds is 8. The summed E-state index contributed by atoms with van der Waals surface area (Å²) in [6.07, 6.45) is 0.979. The van der Waals surface area contributed by atoms with Crippen molar-refractivity contribution in [1.82, 2.24) is 10.2 Å². The summed E-state index contributed by atoms with van der Waals surface area (Å²) in [5.74, 6) is 0.302. The topological polar surface area (TPSA) is 124 Å². The highest BCUT2D eigenvalue weighted by molar-refractivity contribution is 8.01. The van der Waals surface area contributed by atoms with Gasteiger partial charge in [-0.3, -0.25) is 9.52 Å². The summed E-state index contributed by atoms with van der Waals surface area (Å²) in [5.41, 5.74) is 5.23. The molecule has 0 saturated heterocycles. The average Bonchev–Trinajstić information content (AvgIpc) is 2.98. The molecule has 0 aliphatic heterocycles. The number of primary amides is 1. The summed E-state index contributed by atoms with van der Waals surface area (Å²) in [7, 11) is -2.55. The number of hydrogen-bond acceptors (Lipinski definition) is 8. The summed E-state index contributed by atoms with van der Waals surface area (Å²) in [6.45, 7) is 2.04. The monoisotopic (exact) mass is 388 g/mol. The number of sulfonamides is 1. The molecular weight excluding hydrogens is 372 g/mol. The van der Waals surface area contributed by atoms with Crippen LogP contribution in [0.2, 0.25) is 0 Å². The predicted molar refractivity (Wildman–Crippen MR) is 93.2 cm³/mol. The normalized spacial score (nSPS) is 11.2. The molecule has 0 fully saturated rings. The van der Waals surface area contributed by atoms with E-state index >= 15 is 0 Å². The smallest absolute Gasteiger partial charge is 0.263 e. The van der Waals surface area contributed by atoms with Gasteiger partial charge in [-0.2, -0.15) is 0 Å². The Morgan fingerprint density at radius 2 is 2.17 bits per heavy atom. The van der Waals surface area contributed by atoms with Crippen molar-refractivity contribution >= 4 is 44.2 Å². The summed E-state index contributed by atoms with van der Waals surface area (Å²) >= 11 is 2.65. The first kappa shape index (κ1) is 18.5. The Morgan fingerprint density at radius 3 is 2.79 bits per heavy atom. The van der Waals surface area contributed by atoms with E-state index in [1.807, 2.05) is 6.92 Å². The molecule has 0 aliphatic rings. The number of carbonyl (C=O) groups excluding carboxylic acids is 1. The zero-order valence-corrected chi connectivity index (χ0v) is 15.4. The van der Waals surface area contributed by atoms with Gasteiger partial charge in [0.15, 0.2) is 4.34 Å². The predicted octanol–water partition coefficient (Wildman–Crippen LogP) is 1.95. The Balaban J connectivity index is 2.25. The number of anilines is 1. The number of amides is 1. The van der Waals surface area contributed by atoms with E-state index in [2.05, 4.69) is 14.9 Å². The summed E-state index contributed by atoms with van der Waals surface area (Å²) in [6, 6.07) is 3.86. The fraction of sp³-hybridized carbons (Fsp3) is 0.308. The number of nitrogens with zero attached hydrogens (tertiary/aromatic N) is 2. The first-order valence-corrected chi connectivity index (χ1v) is 10.1. The third-order valence-electron chi connectivity index (χ3n) is 2.80. The van der Waals surface area contributed by atoms with Gasteiger partial charge in [-0.15, -0.1) is 10.2 Å². The fourth-order valence-electron chi connectivity index (χ4n) is 1.72. The number of benzene rings is 1. The lowest BCUT2D eigenvalue weighted by Crippen LogP contribution is -2.16. The maximum absolute atomic E-state index is 12.4. The Morgan fingerprint density at radius 1 is 1.42 bits per heavy atom. The molecule has 0 unspecified atom stereocenters. The minimum atomic E-state index is -3.92. The van der Waals surface area contributed by atoms with Crippen molar-refractivity contribution < 1.29 is 17.9 Å². The quantitative estimate of drug-likeness (QED) is 0.662. The first-order chi connectivity index (χ1) is 11.4. The Kier molecular flexibility index (Phi) is 6.02. The molecule has 0 aliphatic carbocycles. The van der Waals surface area contributed by atoms with Crippen LogP contribution in [0.25, 0.3) is 0 Å². The van der Waals surface area contributed by atoms with Gasteiger partial charge in [-0.05, 0) is 24.6 Å². The third-order valence-corrected chi connectivity index (χ3v) is 6.45. The van der Waals surface area contributed by atoms with Gasteiger partial charge in [0.1, 0.15) is 5.75 Å². The number of ether oxygens (including phenoxy) is 1. The molecule has 0 atom stereocenters. The van der Waals surface area contributed by atoms with Crippen molar-refractivity contribution in [1.29, 1.82) is 0 Å². The molecular formula is C13H16N4O4S3. The van der Waals surface area contributed by atoms with Crippen LogP contribution in [0.5, 0.6) is 5.75 Å². The van der Waals surface area contributed by atoms with Gasteiger partial charge in [0.2, 0.25) is 5.13 Å². The second-order valence-electron chi connectivity index (χ2n) is 4.55. The van der Waals surface area contributed by atoms with Crippen LogP contribution in [0.15, 0.2) is 27.4 Å². The maximum atomic E-state index is 12.4. The molecule has 1 amide bonds. The minimum absolute atomic E-state index is 0.0168. The molecule has 3 N–H and O–H groups in total. The van der Waals surface area contributed by atoms with E-state index in [1.54, 1.807) is 0 Å². The molecule has 1 aromatic carbocycles. The van der Waals surface area contributed by atoms with E-state index < -0.39 is 15.9 Å². The van der Waals surface area contributed by atoms with Crippen LogP contribution in [0, 0.1) is 0 Å².